The number of sulfone groups is 1. The fourth-order valence-electron chi connectivity index (χ4n) is 2.97. The predicted molar refractivity (Wildman–Crippen MR) is 98.6 cm³/mol. The maximum atomic E-state index is 12.4. The summed E-state index contributed by atoms with van der Waals surface area (Å²) in [6.07, 6.45) is 3.87. The molecule has 1 unspecified atom stereocenters. The van der Waals surface area contributed by atoms with Gasteiger partial charge >= 0.3 is 0 Å². The van der Waals surface area contributed by atoms with E-state index in [0.717, 1.165) is 5.56 Å². The average Bonchev–Trinajstić information content (AvgIpc) is 2.85. The lowest BCUT2D eigenvalue weighted by Gasteiger charge is -2.25. The van der Waals surface area contributed by atoms with E-state index in [1.54, 1.807) is 17.1 Å². The van der Waals surface area contributed by atoms with Crippen LogP contribution in [0.4, 0.5) is 0 Å². The quantitative estimate of drug-likeness (QED) is 0.785. The number of carbonyl (C=O) groups is 1. The van der Waals surface area contributed by atoms with E-state index in [4.69, 9.17) is 0 Å². The van der Waals surface area contributed by atoms with Crippen LogP contribution in [0.2, 0.25) is 0 Å². The third-order valence-corrected chi connectivity index (χ3v) is 6.22. The molecule has 1 atom stereocenters. The number of amides is 1. The second-order valence-corrected chi connectivity index (χ2v) is 9.62. The minimum atomic E-state index is -2.99. The topological polar surface area (TPSA) is 54.5 Å². The van der Waals surface area contributed by atoms with Crippen LogP contribution < -0.4 is 0 Å². The molecule has 0 saturated carbocycles. The Kier molecular flexibility index (Phi) is 5.53. The van der Waals surface area contributed by atoms with E-state index >= 15 is 0 Å². The van der Waals surface area contributed by atoms with Crippen LogP contribution in [0.25, 0.3) is 6.08 Å². The zero-order valence-corrected chi connectivity index (χ0v) is 15.8. The Morgan fingerprint density at radius 2 is 1.88 bits per heavy atom. The molecule has 2 rings (SSSR count). The second kappa shape index (κ2) is 7.09. The average molecular weight is 349 g/mol. The normalized spacial score (nSPS) is 20.4. The summed E-state index contributed by atoms with van der Waals surface area (Å²) in [6, 6.07) is 7.96. The lowest BCUT2D eigenvalue weighted by atomic mass is 9.87. The molecule has 0 aromatic heterocycles. The molecule has 0 spiro atoms. The van der Waals surface area contributed by atoms with Gasteiger partial charge in [-0.25, -0.2) is 8.42 Å². The van der Waals surface area contributed by atoms with Crippen molar-refractivity contribution >= 4 is 21.8 Å². The molecule has 24 heavy (non-hydrogen) atoms. The molecule has 0 radical (unpaired) electrons. The van der Waals surface area contributed by atoms with Crippen LogP contribution in [-0.4, -0.2) is 43.3 Å². The zero-order chi connectivity index (χ0) is 18.0. The van der Waals surface area contributed by atoms with Crippen LogP contribution in [0.5, 0.6) is 0 Å². The first kappa shape index (κ1) is 18.7. The van der Waals surface area contributed by atoms with Crippen molar-refractivity contribution in [2.75, 3.05) is 18.1 Å². The molecule has 1 amide bonds. The van der Waals surface area contributed by atoms with Crippen LogP contribution in [-0.2, 0) is 20.0 Å². The van der Waals surface area contributed by atoms with Crippen LogP contribution >= 0.6 is 0 Å². The summed E-state index contributed by atoms with van der Waals surface area (Å²) >= 11 is 0. The molecule has 1 aliphatic rings. The van der Waals surface area contributed by atoms with Gasteiger partial charge in [-0.2, -0.15) is 0 Å². The van der Waals surface area contributed by atoms with Gasteiger partial charge in [0.2, 0.25) is 5.91 Å². The van der Waals surface area contributed by atoms with Crippen molar-refractivity contribution in [1.82, 2.24) is 4.90 Å². The van der Waals surface area contributed by atoms with Crippen molar-refractivity contribution in [3.8, 4) is 0 Å². The van der Waals surface area contributed by atoms with Crippen molar-refractivity contribution in [3.63, 3.8) is 0 Å². The minimum Gasteiger partial charge on any atom is -0.335 e. The van der Waals surface area contributed by atoms with Gasteiger partial charge in [-0.1, -0.05) is 45.0 Å². The molecule has 4 nitrogen and oxygen atoms in total. The van der Waals surface area contributed by atoms with Crippen molar-refractivity contribution in [1.29, 1.82) is 0 Å². The molecule has 132 valence electrons. The van der Waals surface area contributed by atoms with E-state index in [0.29, 0.717) is 13.0 Å². The summed E-state index contributed by atoms with van der Waals surface area (Å²) in [6.45, 7) is 8.89. The van der Waals surface area contributed by atoms with Crippen LogP contribution in [0.3, 0.4) is 0 Å². The number of benzene rings is 1. The van der Waals surface area contributed by atoms with E-state index in [1.807, 2.05) is 19.1 Å². The number of rotatable bonds is 4. The van der Waals surface area contributed by atoms with E-state index in [-0.39, 0.29) is 28.9 Å². The molecule has 0 N–H and O–H groups in total. The van der Waals surface area contributed by atoms with Gasteiger partial charge in [0.25, 0.3) is 0 Å². The Morgan fingerprint density at radius 1 is 1.25 bits per heavy atom. The van der Waals surface area contributed by atoms with Gasteiger partial charge in [0, 0.05) is 18.7 Å². The molecule has 1 aromatic carbocycles. The smallest absolute Gasteiger partial charge is 0.246 e. The zero-order valence-electron chi connectivity index (χ0n) is 15.0. The Hall–Kier alpha value is -1.62. The molecular weight excluding hydrogens is 322 g/mol. The largest absolute Gasteiger partial charge is 0.335 e. The maximum absolute atomic E-state index is 12.4. The predicted octanol–water partition coefficient (Wildman–Crippen LogP) is 3.03. The molecule has 0 bridgehead atoms. The summed E-state index contributed by atoms with van der Waals surface area (Å²) in [5.74, 6) is 0.139. The van der Waals surface area contributed by atoms with Crippen LogP contribution in [0.15, 0.2) is 30.3 Å². The van der Waals surface area contributed by atoms with E-state index < -0.39 is 9.84 Å². The van der Waals surface area contributed by atoms with Gasteiger partial charge in [-0.15, -0.1) is 0 Å². The minimum absolute atomic E-state index is 0.0840. The third-order valence-electron chi connectivity index (χ3n) is 4.47. The fraction of sp³-hybridized carbons (Fsp3) is 0.526. The van der Waals surface area contributed by atoms with Gasteiger partial charge in [0.1, 0.15) is 0 Å². The monoisotopic (exact) mass is 349 g/mol. The standard InChI is InChI=1S/C19H27NO3S/c1-5-20(17-12-13-24(22,23)14-17)18(21)11-8-15-6-9-16(10-7-15)19(2,3)4/h6-11,17H,5,12-14H2,1-4H3/b11-8+. The number of hydrogen-bond donors (Lipinski definition) is 0. The van der Waals surface area contributed by atoms with Crippen LogP contribution in [0.1, 0.15) is 45.2 Å². The molecule has 1 saturated heterocycles. The first-order valence-corrected chi connectivity index (χ1v) is 10.2. The highest BCUT2D eigenvalue weighted by atomic mass is 32.2. The van der Waals surface area contributed by atoms with Crippen LogP contribution in [0, 0.1) is 0 Å². The van der Waals surface area contributed by atoms with E-state index in [2.05, 4.69) is 32.9 Å². The fourth-order valence-corrected chi connectivity index (χ4v) is 4.70. The van der Waals surface area contributed by atoms with Crippen molar-refractivity contribution in [2.45, 2.75) is 45.6 Å². The third kappa shape index (κ3) is 4.69. The Bertz CT molecular complexity index is 712. The van der Waals surface area contributed by atoms with E-state index in [1.165, 1.54) is 5.56 Å². The molecular formula is C19H27NO3S. The number of hydrogen-bond acceptors (Lipinski definition) is 3. The Balaban J connectivity index is 2.06. The van der Waals surface area contributed by atoms with E-state index in [9.17, 15) is 13.2 Å². The highest BCUT2D eigenvalue weighted by molar-refractivity contribution is 7.91. The van der Waals surface area contributed by atoms with Gasteiger partial charge in [0.05, 0.1) is 11.5 Å². The summed E-state index contributed by atoms with van der Waals surface area (Å²) in [4.78, 5) is 14.1. The highest BCUT2D eigenvalue weighted by Gasteiger charge is 2.33. The Labute approximate surface area is 145 Å². The van der Waals surface area contributed by atoms with Crippen molar-refractivity contribution in [2.24, 2.45) is 0 Å². The number of nitrogens with zero attached hydrogens (tertiary/aromatic N) is 1. The van der Waals surface area contributed by atoms with Gasteiger partial charge in [-0.3, -0.25) is 4.79 Å². The molecule has 5 heteroatoms. The SMILES string of the molecule is CCN(C(=O)/C=C/c1ccc(C(C)(C)C)cc1)C1CCS(=O)(=O)C1. The first-order valence-electron chi connectivity index (χ1n) is 8.42. The maximum Gasteiger partial charge on any atom is 0.246 e. The first-order chi connectivity index (χ1) is 11.1. The highest BCUT2D eigenvalue weighted by Crippen LogP contribution is 2.22. The molecule has 1 heterocycles. The van der Waals surface area contributed by atoms with Gasteiger partial charge in [0.15, 0.2) is 9.84 Å². The molecule has 0 aliphatic carbocycles. The summed E-state index contributed by atoms with van der Waals surface area (Å²) in [5, 5.41) is 0. The van der Waals surface area contributed by atoms with Gasteiger partial charge < -0.3 is 4.90 Å². The van der Waals surface area contributed by atoms with Crippen molar-refractivity contribution < 1.29 is 13.2 Å². The van der Waals surface area contributed by atoms with Crippen molar-refractivity contribution in [3.05, 3.63) is 41.5 Å². The molecule has 1 aromatic rings. The number of carbonyl (C=O) groups excluding carboxylic acids is 1. The number of likely N-dealkylation sites (N-methyl/N-ethyl adjacent to an activating group) is 1. The lowest BCUT2D eigenvalue weighted by molar-refractivity contribution is -0.127. The summed E-state index contributed by atoms with van der Waals surface area (Å²) < 4.78 is 23.2. The Morgan fingerprint density at radius 3 is 2.33 bits per heavy atom. The lowest BCUT2D eigenvalue weighted by Crippen LogP contribution is -2.40. The molecule has 1 aliphatic heterocycles. The van der Waals surface area contributed by atoms with Gasteiger partial charge in [-0.05, 0) is 36.0 Å². The molecule has 1 fully saturated rings. The second-order valence-electron chi connectivity index (χ2n) is 7.39. The summed E-state index contributed by atoms with van der Waals surface area (Å²) in [5.41, 5.74) is 2.31. The summed E-state index contributed by atoms with van der Waals surface area (Å²) in [7, 11) is -2.99.